The zero-order chi connectivity index (χ0) is 14.2. The summed E-state index contributed by atoms with van der Waals surface area (Å²) < 4.78 is 35.6. The quantitative estimate of drug-likeness (QED) is 0.451. The minimum Gasteiger partial charge on any atom is -0.392 e. The van der Waals surface area contributed by atoms with E-state index in [9.17, 15) is 8.42 Å². The number of nitrogens with two attached hydrogens (primary N) is 1. The number of ether oxygens (including phenoxy) is 2. The average Bonchev–Trinajstić information content (AvgIpc) is 2.32. The molecule has 0 spiro atoms. The van der Waals surface area contributed by atoms with Crippen LogP contribution in [-0.2, 0) is 19.5 Å². The lowest BCUT2D eigenvalue weighted by molar-refractivity contribution is 0.164. The van der Waals surface area contributed by atoms with Crippen molar-refractivity contribution < 1.29 is 17.9 Å². The van der Waals surface area contributed by atoms with Gasteiger partial charge in [-0.15, -0.1) is 0 Å². The summed E-state index contributed by atoms with van der Waals surface area (Å²) in [6, 6.07) is 0. The van der Waals surface area contributed by atoms with Crippen LogP contribution < -0.4 is 5.73 Å². The lowest BCUT2D eigenvalue weighted by Crippen LogP contribution is -2.44. The van der Waals surface area contributed by atoms with Gasteiger partial charge in [0.05, 0.1) is 11.6 Å². The van der Waals surface area contributed by atoms with Crippen molar-refractivity contribution in [3.8, 4) is 0 Å². The summed E-state index contributed by atoms with van der Waals surface area (Å²) >= 11 is 4.75. The second-order valence-corrected chi connectivity index (χ2v) is 6.55. The van der Waals surface area contributed by atoms with Crippen molar-refractivity contribution in [1.82, 2.24) is 4.31 Å². The fourth-order valence-corrected chi connectivity index (χ4v) is 3.13. The summed E-state index contributed by atoms with van der Waals surface area (Å²) in [5.74, 6) is 0. The molecule has 1 unspecified atom stereocenters. The van der Waals surface area contributed by atoms with Gasteiger partial charge in [0.2, 0.25) is 10.0 Å². The molecule has 108 valence electrons. The summed E-state index contributed by atoms with van der Waals surface area (Å²) in [5, 5.41) is -0.869. The maximum Gasteiger partial charge on any atom is 0.223 e. The number of methoxy groups -OCH3 is 2. The summed E-state index contributed by atoms with van der Waals surface area (Å²) in [6.07, 6.45) is 0.615. The van der Waals surface area contributed by atoms with Crippen molar-refractivity contribution in [3.05, 3.63) is 0 Å². The molecule has 0 amide bonds. The van der Waals surface area contributed by atoms with Crippen molar-refractivity contribution in [2.75, 3.05) is 40.5 Å². The van der Waals surface area contributed by atoms with Crippen molar-refractivity contribution in [1.29, 1.82) is 0 Å². The molecule has 0 fully saturated rings. The van der Waals surface area contributed by atoms with Crippen LogP contribution in [0.2, 0.25) is 0 Å². The van der Waals surface area contributed by atoms with Crippen molar-refractivity contribution in [3.63, 3.8) is 0 Å². The summed E-state index contributed by atoms with van der Waals surface area (Å²) in [4.78, 5) is -0.0239. The zero-order valence-corrected chi connectivity index (χ0v) is 12.7. The molecule has 0 aliphatic carbocycles. The third kappa shape index (κ3) is 5.57. The highest BCUT2D eigenvalue weighted by Crippen LogP contribution is 2.10. The van der Waals surface area contributed by atoms with Gasteiger partial charge in [-0.2, -0.15) is 4.31 Å². The summed E-state index contributed by atoms with van der Waals surface area (Å²) in [7, 11) is -0.422. The second-order valence-electron chi connectivity index (χ2n) is 3.83. The molecule has 0 radical (unpaired) electrons. The third-order valence-corrected chi connectivity index (χ3v) is 5.24. The maximum absolute atomic E-state index is 12.2. The first-order valence-electron chi connectivity index (χ1n) is 5.64. The number of sulfonamides is 1. The molecular formula is C10H22N2O4S2. The van der Waals surface area contributed by atoms with Gasteiger partial charge in [-0.25, -0.2) is 8.42 Å². The summed E-state index contributed by atoms with van der Waals surface area (Å²) in [5.41, 5.74) is 5.41. The largest absolute Gasteiger partial charge is 0.392 e. The number of hydrogen-bond donors (Lipinski definition) is 1. The molecule has 2 N–H and O–H groups in total. The van der Waals surface area contributed by atoms with Gasteiger partial charge < -0.3 is 15.2 Å². The first-order chi connectivity index (χ1) is 8.37. The normalized spacial score (nSPS) is 13.8. The van der Waals surface area contributed by atoms with Crippen LogP contribution >= 0.6 is 12.2 Å². The van der Waals surface area contributed by atoms with E-state index in [1.165, 1.54) is 18.3 Å². The van der Waals surface area contributed by atoms with Crippen LogP contribution in [0.15, 0.2) is 0 Å². The van der Waals surface area contributed by atoms with Crippen LogP contribution in [0, 0.1) is 0 Å². The molecule has 0 aromatic rings. The lowest BCUT2D eigenvalue weighted by Gasteiger charge is -2.25. The van der Waals surface area contributed by atoms with E-state index < -0.39 is 15.3 Å². The molecule has 0 saturated carbocycles. The van der Waals surface area contributed by atoms with E-state index in [4.69, 9.17) is 27.4 Å². The Morgan fingerprint density at radius 3 is 2.28 bits per heavy atom. The van der Waals surface area contributed by atoms with Crippen molar-refractivity contribution in [2.45, 2.75) is 18.6 Å². The van der Waals surface area contributed by atoms with E-state index in [0.717, 1.165) is 0 Å². The number of nitrogens with zero attached hydrogens (tertiary/aromatic N) is 1. The SMILES string of the molecule is COCCCN(CCOC)S(=O)(=O)C(C)C(N)=S. The molecule has 6 nitrogen and oxygen atoms in total. The molecule has 8 heteroatoms. The Kier molecular flexibility index (Phi) is 8.62. The molecule has 0 rings (SSSR count). The fourth-order valence-electron chi connectivity index (χ4n) is 1.32. The standard InChI is InChI=1S/C10H22N2O4S2/c1-9(10(11)17)18(13,14)12(6-8-16-3)5-4-7-15-2/h9H,4-8H2,1-3H3,(H2,11,17). The number of thiocarbonyl (C=S) groups is 1. The first kappa shape index (κ1) is 17.7. The van der Waals surface area contributed by atoms with Crippen molar-refractivity contribution in [2.24, 2.45) is 5.73 Å². The summed E-state index contributed by atoms with van der Waals surface area (Å²) in [6.45, 7) is 2.98. The number of rotatable bonds is 10. The first-order valence-corrected chi connectivity index (χ1v) is 7.55. The third-order valence-electron chi connectivity index (χ3n) is 2.51. The van der Waals surface area contributed by atoms with E-state index in [0.29, 0.717) is 26.2 Å². The molecule has 0 aromatic heterocycles. The predicted molar refractivity (Wildman–Crippen MR) is 75.1 cm³/mol. The van der Waals surface area contributed by atoms with Gasteiger partial charge >= 0.3 is 0 Å². The van der Waals surface area contributed by atoms with Gasteiger partial charge in [0.15, 0.2) is 0 Å². The van der Waals surface area contributed by atoms with E-state index in [-0.39, 0.29) is 11.5 Å². The van der Waals surface area contributed by atoms with E-state index >= 15 is 0 Å². The minimum absolute atomic E-state index is 0.0239. The van der Waals surface area contributed by atoms with E-state index in [2.05, 4.69) is 0 Å². The molecule has 0 aliphatic heterocycles. The van der Waals surface area contributed by atoms with Crippen LogP contribution in [0.3, 0.4) is 0 Å². The molecule has 18 heavy (non-hydrogen) atoms. The molecule has 0 bridgehead atoms. The maximum atomic E-state index is 12.2. The zero-order valence-electron chi connectivity index (χ0n) is 11.1. The van der Waals surface area contributed by atoms with Gasteiger partial charge in [0.25, 0.3) is 0 Å². The monoisotopic (exact) mass is 298 g/mol. The second kappa shape index (κ2) is 8.76. The van der Waals surface area contributed by atoms with Crippen LogP contribution in [0.25, 0.3) is 0 Å². The smallest absolute Gasteiger partial charge is 0.223 e. The average molecular weight is 298 g/mol. The van der Waals surface area contributed by atoms with E-state index in [1.54, 1.807) is 7.11 Å². The van der Waals surface area contributed by atoms with Gasteiger partial charge in [-0.3, -0.25) is 0 Å². The van der Waals surface area contributed by atoms with Crippen LogP contribution in [0.1, 0.15) is 13.3 Å². The van der Waals surface area contributed by atoms with Crippen LogP contribution in [0.5, 0.6) is 0 Å². The molecular weight excluding hydrogens is 276 g/mol. The molecule has 0 heterocycles. The molecule has 0 saturated heterocycles. The predicted octanol–water partition coefficient (Wildman–Crippen LogP) is -0.0243. The van der Waals surface area contributed by atoms with Gasteiger partial charge in [-0.05, 0) is 13.3 Å². The van der Waals surface area contributed by atoms with E-state index in [1.807, 2.05) is 0 Å². The molecule has 1 atom stereocenters. The van der Waals surface area contributed by atoms with Crippen LogP contribution in [0.4, 0.5) is 0 Å². The Labute approximate surface area is 114 Å². The van der Waals surface area contributed by atoms with Crippen molar-refractivity contribution >= 4 is 27.2 Å². The highest BCUT2D eigenvalue weighted by molar-refractivity contribution is 7.92. The number of hydrogen-bond acceptors (Lipinski definition) is 5. The highest BCUT2D eigenvalue weighted by Gasteiger charge is 2.30. The van der Waals surface area contributed by atoms with Gasteiger partial charge in [0.1, 0.15) is 5.25 Å². The van der Waals surface area contributed by atoms with Gasteiger partial charge in [0, 0.05) is 33.9 Å². The Bertz CT molecular complexity index is 346. The highest BCUT2D eigenvalue weighted by atomic mass is 32.2. The molecule has 0 aromatic carbocycles. The van der Waals surface area contributed by atoms with Gasteiger partial charge in [-0.1, -0.05) is 12.2 Å². The Morgan fingerprint density at radius 2 is 1.83 bits per heavy atom. The lowest BCUT2D eigenvalue weighted by atomic mass is 10.4. The fraction of sp³-hybridized carbons (Fsp3) is 0.900. The topological polar surface area (TPSA) is 81.9 Å². The molecule has 0 aliphatic rings. The minimum atomic E-state index is -3.52. The Morgan fingerprint density at radius 1 is 1.28 bits per heavy atom. The van der Waals surface area contributed by atoms with Crippen LogP contribution in [-0.4, -0.2) is 63.5 Å². The Balaban J connectivity index is 4.75. The Hall–Kier alpha value is -0.280.